The average Bonchev–Trinajstić information content (AvgIpc) is 2.37. The molecule has 4 nitrogen and oxygen atoms in total. The first-order valence-electron chi connectivity index (χ1n) is 6.78. The first-order chi connectivity index (χ1) is 9.44. The van der Waals surface area contributed by atoms with Gasteiger partial charge in [-0.2, -0.15) is 0 Å². The van der Waals surface area contributed by atoms with Crippen LogP contribution in [-0.4, -0.2) is 37.1 Å². The minimum absolute atomic E-state index is 0.0207. The van der Waals surface area contributed by atoms with E-state index in [9.17, 15) is 0 Å². The van der Waals surface area contributed by atoms with Crippen molar-refractivity contribution in [2.24, 2.45) is 0 Å². The summed E-state index contributed by atoms with van der Waals surface area (Å²) in [5.41, 5.74) is 1.05. The largest absolute Gasteiger partial charge is 0.489 e. The third-order valence-corrected chi connectivity index (χ3v) is 2.87. The number of aliphatic hydroxyl groups is 1. The lowest BCUT2D eigenvalue weighted by atomic mass is 10.1. The zero-order valence-corrected chi connectivity index (χ0v) is 13.2. The fraction of sp³-hybridized carbons (Fsp3) is 0.600. The van der Waals surface area contributed by atoms with Crippen LogP contribution in [0.4, 0.5) is 0 Å². The molecular formula is C15H24ClNO3. The Labute approximate surface area is 126 Å². The Bertz CT molecular complexity index is 405. The van der Waals surface area contributed by atoms with Gasteiger partial charge in [0.05, 0.1) is 24.8 Å². The van der Waals surface area contributed by atoms with Crippen LogP contribution in [0.3, 0.4) is 0 Å². The number of nitrogens with one attached hydrogen (secondary N) is 1. The molecule has 1 rings (SSSR count). The van der Waals surface area contributed by atoms with Gasteiger partial charge in [-0.25, -0.2) is 0 Å². The van der Waals surface area contributed by atoms with Gasteiger partial charge in [0, 0.05) is 17.6 Å². The lowest BCUT2D eigenvalue weighted by molar-refractivity contribution is 0.0703. The molecule has 0 aliphatic carbocycles. The van der Waals surface area contributed by atoms with E-state index in [1.165, 1.54) is 0 Å². The number of aliphatic hydroxyl groups excluding tert-OH is 1. The quantitative estimate of drug-likeness (QED) is 0.725. The maximum Gasteiger partial charge on any atom is 0.142 e. The van der Waals surface area contributed by atoms with Crippen LogP contribution in [0.2, 0.25) is 5.02 Å². The number of hydrogen-bond acceptors (Lipinski definition) is 4. The van der Waals surface area contributed by atoms with E-state index in [1.807, 2.05) is 18.2 Å². The molecule has 0 spiro atoms. The maximum atomic E-state index is 8.62. The molecule has 0 aromatic heterocycles. The van der Waals surface area contributed by atoms with Gasteiger partial charge in [0.2, 0.25) is 0 Å². The summed E-state index contributed by atoms with van der Waals surface area (Å²) in [5.74, 6) is 0.693. The van der Waals surface area contributed by atoms with Gasteiger partial charge in [-0.3, -0.25) is 0 Å². The standard InChI is InChI=1S/C15H24ClNO3/c1-15(2,3)17-11-12-5-4-6-13(16)14(12)20-10-9-19-8-7-18/h4-6,17-18H,7-11H2,1-3H3. The second-order valence-electron chi connectivity index (χ2n) is 5.52. The highest BCUT2D eigenvalue weighted by atomic mass is 35.5. The lowest BCUT2D eigenvalue weighted by Crippen LogP contribution is -2.35. The van der Waals surface area contributed by atoms with Crippen LogP contribution < -0.4 is 10.1 Å². The van der Waals surface area contributed by atoms with Crippen LogP contribution in [0.25, 0.3) is 0 Å². The van der Waals surface area contributed by atoms with E-state index >= 15 is 0 Å². The molecule has 0 bridgehead atoms. The van der Waals surface area contributed by atoms with E-state index in [0.717, 1.165) is 5.56 Å². The van der Waals surface area contributed by atoms with E-state index in [0.29, 0.717) is 37.1 Å². The Morgan fingerprint density at radius 1 is 1.20 bits per heavy atom. The smallest absolute Gasteiger partial charge is 0.142 e. The highest BCUT2D eigenvalue weighted by molar-refractivity contribution is 6.32. The van der Waals surface area contributed by atoms with Crippen molar-refractivity contribution in [3.05, 3.63) is 28.8 Å². The van der Waals surface area contributed by atoms with Crippen molar-refractivity contribution in [3.63, 3.8) is 0 Å². The van der Waals surface area contributed by atoms with Gasteiger partial charge in [-0.05, 0) is 26.8 Å². The summed E-state index contributed by atoms with van der Waals surface area (Å²) >= 11 is 6.19. The topological polar surface area (TPSA) is 50.7 Å². The van der Waals surface area contributed by atoms with Crippen molar-refractivity contribution in [2.75, 3.05) is 26.4 Å². The van der Waals surface area contributed by atoms with Crippen LogP contribution in [0.1, 0.15) is 26.3 Å². The van der Waals surface area contributed by atoms with Crippen molar-refractivity contribution in [1.29, 1.82) is 0 Å². The second kappa shape index (κ2) is 8.47. The average molecular weight is 302 g/mol. The Hall–Kier alpha value is -0.810. The second-order valence-corrected chi connectivity index (χ2v) is 5.92. The molecule has 114 valence electrons. The predicted molar refractivity (Wildman–Crippen MR) is 81.4 cm³/mol. The summed E-state index contributed by atoms with van der Waals surface area (Å²) in [7, 11) is 0. The van der Waals surface area contributed by atoms with E-state index in [4.69, 9.17) is 26.2 Å². The normalized spacial score (nSPS) is 11.7. The Kier molecular flexibility index (Phi) is 7.30. The van der Waals surface area contributed by atoms with E-state index < -0.39 is 0 Å². The molecule has 0 atom stereocenters. The SMILES string of the molecule is CC(C)(C)NCc1cccc(Cl)c1OCCOCCO. The molecule has 0 saturated carbocycles. The van der Waals surface area contributed by atoms with Gasteiger partial charge < -0.3 is 19.9 Å². The molecule has 5 heteroatoms. The van der Waals surface area contributed by atoms with E-state index in [-0.39, 0.29) is 12.1 Å². The van der Waals surface area contributed by atoms with Crippen molar-refractivity contribution in [3.8, 4) is 5.75 Å². The van der Waals surface area contributed by atoms with Crippen LogP contribution in [-0.2, 0) is 11.3 Å². The molecule has 0 saturated heterocycles. The molecule has 0 heterocycles. The van der Waals surface area contributed by atoms with Gasteiger partial charge in [-0.15, -0.1) is 0 Å². The third kappa shape index (κ3) is 6.57. The van der Waals surface area contributed by atoms with Crippen molar-refractivity contribution >= 4 is 11.6 Å². The summed E-state index contributed by atoms with van der Waals surface area (Å²) in [6.07, 6.45) is 0. The van der Waals surface area contributed by atoms with Crippen molar-refractivity contribution in [2.45, 2.75) is 32.9 Å². The Morgan fingerprint density at radius 2 is 1.95 bits per heavy atom. The number of rotatable bonds is 8. The summed E-state index contributed by atoms with van der Waals surface area (Å²) in [5, 5.41) is 12.6. The molecule has 0 aliphatic rings. The number of benzene rings is 1. The highest BCUT2D eigenvalue weighted by Gasteiger charge is 2.13. The molecule has 0 amide bonds. The summed E-state index contributed by atoms with van der Waals surface area (Å²) in [6.45, 7) is 8.21. The monoisotopic (exact) mass is 301 g/mol. The summed E-state index contributed by atoms with van der Waals surface area (Å²) in [6, 6.07) is 5.72. The first-order valence-corrected chi connectivity index (χ1v) is 7.15. The summed E-state index contributed by atoms with van der Waals surface area (Å²) < 4.78 is 10.9. The van der Waals surface area contributed by atoms with E-state index in [2.05, 4.69) is 26.1 Å². The maximum absolute atomic E-state index is 8.62. The van der Waals surface area contributed by atoms with Gasteiger partial charge in [0.15, 0.2) is 0 Å². The van der Waals surface area contributed by atoms with Gasteiger partial charge in [0.1, 0.15) is 12.4 Å². The van der Waals surface area contributed by atoms with Crippen LogP contribution in [0.5, 0.6) is 5.75 Å². The minimum atomic E-state index is 0.0207. The lowest BCUT2D eigenvalue weighted by Gasteiger charge is -2.22. The zero-order valence-electron chi connectivity index (χ0n) is 12.4. The number of para-hydroxylation sites is 1. The molecule has 20 heavy (non-hydrogen) atoms. The number of halogens is 1. The van der Waals surface area contributed by atoms with Crippen LogP contribution in [0, 0.1) is 0 Å². The van der Waals surface area contributed by atoms with Crippen molar-refractivity contribution in [1.82, 2.24) is 5.32 Å². The highest BCUT2D eigenvalue weighted by Crippen LogP contribution is 2.28. The van der Waals surface area contributed by atoms with Gasteiger partial charge >= 0.3 is 0 Å². The number of ether oxygens (including phenoxy) is 2. The van der Waals surface area contributed by atoms with Crippen LogP contribution >= 0.6 is 11.6 Å². The third-order valence-electron chi connectivity index (χ3n) is 2.57. The molecule has 0 radical (unpaired) electrons. The molecule has 1 aromatic carbocycles. The zero-order chi connectivity index (χ0) is 15.0. The Balaban J connectivity index is 2.59. The van der Waals surface area contributed by atoms with Crippen LogP contribution in [0.15, 0.2) is 18.2 Å². The Morgan fingerprint density at radius 3 is 2.60 bits per heavy atom. The molecule has 1 aromatic rings. The van der Waals surface area contributed by atoms with E-state index in [1.54, 1.807) is 0 Å². The molecule has 2 N–H and O–H groups in total. The van der Waals surface area contributed by atoms with Crippen molar-refractivity contribution < 1.29 is 14.6 Å². The molecular weight excluding hydrogens is 278 g/mol. The predicted octanol–water partition coefficient (Wildman–Crippen LogP) is 2.62. The molecule has 0 aliphatic heterocycles. The fourth-order valence-electron chi connectivity index (χ4n) is 1.58. The van der Waals surface area contributed by atoms with Gasteiger partial charge in [-0.1, -0.05) is 23.7 Å². The number of hydrogen-bond donors (Lipinski definition) is 2. The van der Waals surface area contributed by atoms with Gasteiger partial charge in [0.25, 0.3) is 0 Å². The fourth-order valence-corrected chi connectivity index (χ4v) is 1.83. The molecule has 0 fully saturated rings. The molecule has 0 unspecified atom stereocenters. The first kappa shape index (κ1) is 17.2. The summed E-state index contributed by atoms with van der Waals surface area (Å²) in [4.78, 5) is 0. The minimum Gasteiger partial charge on any atom is -0.489 e.